The van der Waals surface area contributed by atoms with Crippen LogP contribution in [0.5, 0.6) is 0 Å². The van der Waals surface area contributed by atoms with Crippen LogP contribution in [0.2, 0.25) is 5.02 Å². The molecule has 0 atom stereocenters. The van der Waals surface area contributed by atoms with Gasteiger partial charge in [0, 0.05) is 23.2 Å². The van der Waals surface area contributed by atoms with E-state index in [4.69, 9.17) is 11.6 Å². The van der Waals surface area contributed by atoms with E-state index in [1.54, 1.807) is 0 Å². The summed E-state index contributed by atoms with van der Waals surface area (Å²) in [7, 11) is 0. The number of aryl methyl sites for hydroxylation is 1. The Morgan fingerprint density at radius 2 is 2.19 bits per heavy atom. The molecular formula is C13H12ClNO. The van der Waals surface area contributed by atoms with Gasteiger partial charge in [-0.1, -0.05) is 17.7 Å². The summed E-state index contributed by atoms with van der Waals surface area (Å²) in [4.78, 5) is 11.1. The third kappa shape index (κ3) is 1.30. The Morgan fingerprint density at radius 3 is 2.81 bits per heavy atom. The number of aromatic nitrogens is 1. The number of nitrogens with zero attached hydrogens (tertiary/aromatic N) is 1. The second-order valence-corrected chi connectivity index (χ2v) is 4.84. The number of carbonyl (C=O) groups is 1. The lowest BCUT2D eigenvalue weighted by molar-refractivity contribution is 0.112. The van der Waals surface area contributed by atoms with Gasteiger partial charge < -0.3 is 4.57 Å². The van der Waals surface area contributed by atoms with Crippen molar-refractivity contribution in [3.05, 3.63) is 34.5 Å². The Morgan fingerprint density at radius 1 is 1.44 bits per heavy atom. The fourth-order valence-electron chi connectivity index (χ4n) is 2.29. The monoisotopic (exact) mass is 233 g/mol. The molecule has 16 heavy (non-hydrogen) atoms. The van der Waals surface area contributed by atoms with E-state index in [0.717, 1.165) is 33.3 Å². The molecule has 0 N–H and O–H groups in total. The number of aldehydes is 1. The summed E-state index contributed by atoms with van der Waals surface area (Å²) >= 11 is 6.24. The maximum absolute atomic E-state index is 11.1. The van der Waals surface area contributed by atoms with Crippen LogP contribution in [-0.4, -0.2) is 10.9 Å². The number of fused-ring (bicyclic) bond motifs is 1. The van der Waals surface area contributed by atoms with Crippen LogP contribution in [0.15, 0.2) is 18.3 Å². The summed E-state index contributed by atoms with van der Waals surface area (Å²) in [5.41, 5.74) is 2.88. The van der Waals surface area contributed by atoms with Gasteiger partial charge in [0.15, 0.2) is 6.29 Å². The van der Waals surface area contributed by atoms with E-state index in [2.05, 4.69) is 4.57 Å². The van der Waals surface area contributed by atoms with E-state index < -0.39 is 0 Å². The second-order valence-electron chi connectivity index (χ2n) is 4.43. The molecule has 3 heteroatoms. The van der Waals surface area contributed by atoms with E-state index in [1.807, 2.05) is 25.3 Å². The average molecular weight is 234 g/mol. The van der Waals surface area contributed by atoms with Crippen LogP contribution in [0.3, 0.4) is 0 Å². The van der Waals surface area contributed by atoms with Crippen molar-refractivity contribution in [3.63, 3.8) is 0 Å². The van der Waals surface area contributed by atoms with E-state index in [-0.39, 0.29) is 0 Å². The smallest absolute Gasteiger partial charge is 0.152 e. The molecule has 3 rings (SSSR count). The molecule has 1 heterocycles. The number of benzene rings is 1. The molecule has 0 amide bonds. The molecular weight excluding hydrogens is 222 g/mol. The van der Waals surface area contributed by atoms with Crippen molar-refractivity contribution in [1.82, 2.24) is 4.57 Å². The van der Waals surface area contributed by atoms with Crippen molar-refractivity contribution in [2.45, 2.75) is 25.8 Å². The minimum atomic E-state index is 0.537. The molecule has 0 spiro atoms. The maximum Gasteiger partial charge on any atom is 0.152 e. The molecule has 1 aliphatic rings. The van der Waals surface area contributed by atoms with Gasteiger partial charge in [0.05, 0.1) is 10.5 Å². The quantitative estimate of drug-likeness (QED) is 0.724. The first-order valence-corrected chi connectivity index (χ1v) is 5.85. The molecule has 2 aromatic rings. The highest BCUT2D eigenvalue weighted by molar-refractivity contribution is 6.35. The Balaban J connectivity index is 2.43. The Labute approximate surface area is 98.8 Å². The number of rotatable bonds is 2. The molecule has 1 fully saturated rings. The lowest BCUT2D eigenvalue weighted by atomic mass is 10.1. The molecule has 0 aliphatic heterocycles. The van der Waals surface area contributed by atoms with Crippen molar-refractivity contribution in [3.8, 4) is 0 Å². The highest BCUT2D eigenvalue weighted by atomic mass is 35.5. The lowest BCUT2D eigenvalue weighted by Crippen LogP contribution is -1.91. The summed E-state index contributed by atoms with van der Waals surface area (Å²) in [6.07, 6.45) is 5.23. The third-order valence-corrected chi connectivity index (χ3v) is 3.53. The summed E-state index contributed by atoms with van der Waals surface area (Å²) in [5.74, 6) is 0. The van der Waals surface area contributed by atoms with Gasteiger partial charge >= 0.3 is 0 Å². The highest BCUT2D eigenvalue weighted by Crippen LogP contribution is 2.41. The van der Waals surface area contributed by atoms with Crippen molar-refractivity contribution < 1.29 is 4.79 Å². The highest BCUT2D eigenvalue weighted by Gasteiger charge is 2.27. The fraction of sp³-hybridized carbons (Fsp3) is 0.308. The van der Waals surface area contributed by atoms with Gasteiger partial charge in [-0.25, -0.2) is 0 Å². The molecule has 0 radical (unpaired) electrons. The first-order chi connectivity index (χ1) is 7.72. The third-order valence-electron chi connectivity index (χ3n) is 3.23. The fourth-order valence-corrected chi connectivity index (χ4v) is 2.55. The van der Waals surface area contributed by atoms with Crippen molar-refractivity contribution in [2.75, 3.05) is 0 Å². The van der Waals surface area contributed by atoms with Crippen molar-refractivity contribution >= 4 is 28.8 Å². The largest absolute Gasteiger partial charge is 0.342 e. The van der Waals surface area contributed by atoms with Crippen LogP contribution in [0, 0.1) is 6.92 Å². The SMILES string of the molecule is Cc1ccc(Cl)c2c1c(C=O)cn2C1CC1. The number of hydrogen-bond donors (Lipinski definition) is 0. The van der Waals surface area contributed by atoms with Gasteiger partial charge in [0.1, 0.15) is 0 Å². The molecule has 0 saturated heterocycles. The molecule has 1 saturated carbocycles. The molecule has 2 nitrogen and oxygen atoms in total. The zero-order valence-corrected chi connectivity index (χ0v) is 9.79. The molecule has 0 bridgehead atoms. The van der Waals surface area contributed by atoms with Gasteiger partial charge in [0.2, 0.25) is 0 Å². The summed E-state index contributed by atoms with van der Waals surface area (Å²) in [6, 6.07) is 4.41. The standard InChI is InChI=1S/C13H12ClNO/c1-8-2-5-11(14)13-12(8)9(7-16)6-15(13)10-3-4-10/h2,5-7,10H,3-4H2,1H3. The summed E-state index contributed by atoms with van der Waals surface area (Å²) in [6.45, 7) is 2.02. The summed E-state index contributed by atoms with van der Waals surface area (Å²) < 4.78 is 2.16. The van der Waals surface area contributed by atoms with E-state index in [1.165, 1.54) is 12.8 Å². The van der Waals surface area contributed by atoms with E-state index >= 15 is 0 Å². The minimum absolute atomic E-state index is 0.537. The van der Waals surface area contributed by atoms with Gasteiger partial charge in [-0.05, 0) is 31.4 Å². The van der Waals surface area contributed by atoms with Crippen LogP contribution in [-0.2, 0) is 0 Å². The Bertz CT molecular complexity index is 581. The van der Waals surface area contributed by atoms with Gasteiger partial charge in [0.25, 0.3) is 0 Å². The van der Waals surface area contributed by atoms with Gasteiger partial charge in [-0.15, -0.1) is 0 Å². The number of halogens is 1. The van der Waals surface area contributed by atoms with Gasteiger partial charge in [-0.3, -0.25) is 4.79 Å². The number of carbonyl (C=O) groups excluding carboxylic acids is 1. The Kier molecular flexibility index (Phi) is 2.08. The van der Waals surface area contributed by atoms with Crippen molar-refractivity contribution in [2.24, 2.45) is 0 Å². The maximum atomic E-state index is 11.1. The number of hydrogen-bond acceptors (Lipinski definition) is 1. The van der Waals surface area contributed by atoms with Crippen LogP contribution in [0.25, 0.3) is 10.9 Å². The Hall–Kier alpha value is -1.28. The lowest BCUT2D eigenvalue weighted by Gasteiger charge is -2.05. The second kappa shape index (κ2) is 3.36. The molecule has 1 aliphatic carbocycles. The predicted octanol–water partition coefficient (Wildman–Crippen LogP) is 3.75. The van der Waals surface area contributed by atoms with E-state index in [0.29, 0.717) is 6.04 Å². The van der Waals surface area contributed by atoms with E-state index in [9.17, 15) is 4.79 Å². The average Bonchev–Trinajstić information content (AvgIpc) is 3.04. The normalized spacial score (nSPS) is 15.6. The van der Waals surface area contributed by atoms with Crippen LogP contribution in [0.1, 0.15) is 34.8 Å². The van der Waals surface area contributed by atoms with Crippen LogP contribution < -0.4 is 0 Å². The topological polar surface area (TPSA) is 22.0 Å². The molecule has 1 aromatic heterocycles. The molecule has 1 aromatic carbocycles. The van der Waals surface area contributed by atoms with Gasteiger partial charge in [-0.2, -0.15) is 0 Å². The zero-order valence-electron chi connectivity index (χ0n) is 9.03. The first-order valence-electron chi connectivity index (χ1n) is 5.47. The summed E-state index contributed by atoms with van der Waals surface area (Å²) in [5, 5.41) is 1.75. The first kappa shape index (κ1) is 9.91. The zero-order chi connectivity index (χ0) is 11.3. The van der Waals surface area contributed by atoms with Crippen molar-refractivity contribution in [1.29, 1.82) is 0 Å². The minimum Gasteiger partial charge on any atom is -0.342 e. The molecule has 0 unspecified atom stereocenters. The van der Waals surface area contributed by atoms with Crippen LogP contribution in [0.4, 0.5) is 0 Å². The van der Waals surface area contributed by atoms with Crippen LogP contribution >= 0.6 is 11.6 Å². The molecule has 82 valence electrons. The predicted molar refractivity (Wildman–Crippen MR) is 65.3 cm³/mol.